The second-order valence-electron chi connectivity index (χ2n) is 8.27. The first kappa shape index (κ1) is 21.6. The molecule has 0 radical (unpaired) electrons. The molecule has 3 heteroatoms. The van der Waals surface area contributed by atoms with E-state index in [1.165, 1.54) is 45.6 Å². The zero-order chi connectivity index (χ0) is 20.6. The summed E-state index contributed by atoms with van der Waals surface area (Å²) < 4.78 is 11.3. The van der Waals surface area contributed by atoms with Gasteiger partial charge >= 0.3 is 5.97 Å². The van der Waals surface area contributed by atoms with E-state index in [2.05, 4.69) is 32.0 Å². The molecule has 0 bridgehead atoms. The lowest BCUT2D eigenvalue weighted by Gasteiger charge is -2.26. The number of hydrogen-bond acceptors (Lipinski definition) is 3. The van der Waals surface area contributed by atoms with E-state index >= 15 is 0 Å². The van der Waals surface area contributed by atoms with E-state index in [1.54, 1.807) is 0 Å². The third-order valence-corrected chi connectivity index (χ3v) is 6.19. The van der Waals surface area contributed by atoms with E-state index < -0.39 is 0 Å². The van der Waals surface area contributed by atoms with Crippen LogP contribution in [0.15, 0.2) is 42.5 Å². The summed E-state index contributed by atoms with van der Waals surface area (Å²) in [5.74, 6) is 0.511. The molecule has 1 saturated carbocycles. The van der Waals surface area contributed by atoms with Crippen molar-refractivity contribution >= 4 is 5.97 Å². The smallest absolute Gasteiger partial charge is 0.338 e. The van der Waals surface area contributed by atoms with Gasteiger partial charge in [-0.3, -0.25) is 0 Å². The van der Waals surface area contributed by atoms with E-state index in [4.69, 9.17) is 9.47 Å². The van der Waals surface area contributed by atoms with Gasteiger partial charge < -0.3 is 9.47 Å². The molecule has 0 heterocycles. The third kappa shape index (κ3) is 5.70. The molecule has 0 amide bonds. The Kier molecular flexibility index (Phi) is 7.88. The zero-order valence-electron chi connectivity index (χ0n) is 18.1. The molecular formula is C26H34O3. The van der Waals surface area contributed by atoms with E-state index in [9.17, 15) is 4.79 Å². The number of benzene rings is 2. The Morgan fingerprint density at radius 1 is 1.07 bits per heavy atom. The first-order valence-corrected chi connectivity index (χ1v) is 11.0. The standard InChI is InChI=1S/C26H34O3/c1-4-22(16-20-11-6-5-7-12-20)29-18-21-14-15-24(26(27)28-3)25(17-21)23-13-9-8-10-19(23)2/h8-10,13-15,17,20,22H,4-7,11-12,16,18H2,1-3H3/t22-/m1/s1. The number of esters is 1. The fourth-order valence-electron chi connectivity index (χ4n) is 4.43. The molecule has 0 spiro atoms. The van der Waals surface area contributed by atoms with Crippen molar-refractivity contribution in [3.05, 3.63) is 59.2 Å². The molecule has 3 rings (SSSR count). The van der Waals surface area contributed by atoms with E-state index in [0.29, 0.717) is 18.3 Å². The summed E-state index contributed by atoms with van der Waals surface area (Å²) in [4.78, 5) is 12.3. The highest BCUT2D eigenvalue weighted by atomic mass is 16.5. The molecule has 0 aromatic heterocycles. The lowest BCUT2D eigenvalue weighted by molar-refractivity contribution is 0.0180. The summed E-state index contributed by atoms with van der Waals surface area (Å²) in [6.07, 6.45) is 9.35. The van der Waals surface area contributed by atoms with Gasteiger partial charge in [0.2, 0.25) is 0 Å². The lowest BCUT2D eigenvalue weighted by atomic mass is 9.85. The zero-order valence-corrected chi connectivity index (χ0v) is 18.1. The van der Waals surface area contributed by atoms with Crippen molar-refractivity contribution in [1.29, 1.82) is 0 Å². The Bertz CT molecular complexity index is 805. The first-order chi connectivity index (χ1) is 14.1. The van der Waals surface area contributed by atoms with Gasteiger partial charge in [0.15, 0.2) is 0 Å². The van der Waals surface area contributed by atoms with Gasteiger partial charge in [-0.1, -0.05) is 69.4 Å². The van der Waals surface area contributed by atoms with Crippen molar-refractivity contribution in [2.45, 2.75) is 71.5 Å². The number of rotatable bonds is 8. The Morgan fingerprint density at radius 3 is 2.52 bits per heavy atom. The van der Waals surface area contributed by atoms with Crippen molar-refractivity contribution in [1.82, 2.24) is 0 Å². The number of carbonyl (C=O) groups is 1. The maximum atomic E-state index is 12.3. The van der Waals surface area contributed by atoms with Gasteiger partial charge in [0.1, 0.15) is 0 Å². The normalized spacial score (nSPS) is 15.8. The molecule has 1 aliphatic rings. The molecule has 156 valence electrons. The topological polar surface area (TPSA) is 35.5 Å². The van der Waals surface area contributed by atoms with E-state index in [1.807, 2.05) is 24.3 Å². The van der Waals surface area contributed by atoms with Gasteiger partial charge in [-0.05, 0) is 60.1 Å². The van der Waals surface area contributed by atoms with Crippen LogP contribution >= 0.6 is 0 Å². The average Bonchev–Trinajstić information content (AvgIpc) is 2.77. The summed E-state index contributed by atoms with van der Waals surface area (Å²) in [7, 11) is 1.43. The monoisotopic (exact) mass is 394 g/mol. The third-order valence-electron chi connectivity index (χ3n) is 6.19. The molecule has 0 unspecified atom stereocenters. The number of methoxy groups -OCH3 is 1. The molecule has 3 nitrogen and oxygen atoms in total. The highest BCUT2D eigenvalue weighted by Crippen LogP contribution is 2.31. The first-order valence-electron chi connectivity index (χ1n) is 11.0. The van der Waals surface area contributed by atoms with Crippen molar-refractivity contribution in [2.75, 3.05) is 7.11 Å². The fourth-order valence-corrected chi connectivity index (χ4v) is 4.43. The van der Waals surface area contributed by atoms with E-state index in [-0.39, 0.29) is 5.97 Å². The number of hydrogen-bond donors (Lipinski definition) is 0. The van der Waals surface area contributed by atoms with Crippen LogP contribution in [0.1, 0.15) is 73.4 Å². The van der Waals surface area contributed by atoms with Crippen LogP contribution in [0, 0.1) is 12.8 Å². The van der Waals surface area contributed by atoms with Crippen molar-refractivity contribution < 1.29 is 14.3 Å². The summed E-state index contributed by atoms with van der Waals surface area (Å²) >= 11 is 0. The molecule has 1 fully saturated rings. The maximum Gasteiger partial charge on any atom is 0.338 e. The molecule has 0 N–H and O–H groups in total. The largest absolute Gasteiger partial charge is 0.465 e. The van der Waals surface area contributed by atoms with Gasteiger partial charge in [0.05, 0.1) is 25.4 Å². The minimum atomic E-state index is -0.306. The van der Waals surface area contributed by atoms with Crippen LogP contribution in [0.4, 0.5) is 0 Å². The SMILES string of the molecule is CC[C@H](CC1CCCCC1)OCc1ccc(C(=O)OC)c(-c2ccccc2C)c1. The molecule has 1 atom stereocenters. The van der Waals surface area contributed by atoms with Gasteiger partial charge in [-0.2, -0.15) is 0 Å². The summed E-state index contributed by atoms with van der Waals surface area (Å²) in [5.41, 5.74) is 4.80. The summed E-state index contributed by atoms with van der Waals surface area (Å²) in [5, 5.41) is 0. The molecule has 0 saturated heterocycles. The molecule has 2 aromatic rings. The highest BCUT2D eigenvalue weighted by molar-refractivity contribution is 5.97. The molecule has 29 heavy (non-hydrogen) atoms. The maximum absolute atomic E-state index is 12.3. The predicted molar refractivity (Wildman–Crippen MR) is 118 cm³/mol. The summed E-state index contributed by atoms with van der Waals surface area (Å²) in [6, 6.07) is 14.1. The number of ether oxygens (including phenoxy) is 2. The van der Waals surface area contributed by atoms with Crippen LogP contribution in [0.5, 0.6) is 0 Å². The van der Waals surface area contributed by atoms with Crippen LogP contribution in [0.3, 0.4) is 0 Å². The van der Waals surface area contributed by atoms with Gasteiger partial charge in [-0.25, -0.2) is 4.79 Å². The highest BCUT2D eigenvalue weighted by Gasteiger charge is 2.19. The molecular weight excluding hydrogens is 360 g/mol. The second-order valence-corrected chi connectivity index (χ2v) is 8.27. The average molecular weight is 395 g/mol. The Balaban J connectivity index is 1.76. The molecule has 2 aromatic carbocycles. The van der Waals surface area contributed by atoms with Crippen molar-refractivity contribution in [3.8, 4) is 11.1 Å². The Morgan fingerprint density at radius 2 is 1.83 bits per heavy atom. The predicted octanol–water partition coefficient (Wildman–Crippen LogP) is 6.71. The van der Waals surface area contributed by atoms with Gasteiger partial charge in [0, 0.05) is 0 Å². The Labute approximate surface area is 175 Å². The van der Waals surface area contributed by atoms with Crippen molar-refractivity contribution in [3.63, 3.8) is 0 Å². The summed E-state index contributed by atoms with van der Waals surface area (Å²) in [6.45, 7) is 4.86. The van der Waals surface area contributed by atoms with Crippen LogP contribution in [-0.2, 0) is 16.1 Å². The minimum Gasteiger partial charge on any atom is -0.465 e. The van der Waals surface area contributed by atoms with Gasteiger partial charge in [-0.15, -0.1) is 0 Å². The van der Waals surface area contributed by atoms with Crippen LogP contribution in [0.2, 0.25) is 0 Å². The molecule has 0 aliphatic heterocycles. The van der Waals surface area contributed by atoms with Crippen LogP contribution in [-0.4, -0.2) is 19.2 Å². The number of aryl methyl sites for hydroxylation is 1. The minimum absolute atomic E-state index is 0.306. The quantitative estimate of drug-likeness (QED) is 0.467. The van der Waals surface area contributed by atoms with Crippen LogP contribution < -0.4 is 0 Å². The number of carbonyl (C=O) groups excluding carboxylic acids is 1. The lowest BCUT2D eigenvalue weighted by Crippen LogP contribution is -2.19. The Hall–Kier alpha value is -2.13. The second kappa shape index (κ2) is 10.6. The molecule has 1 aliphatic carbocycles. The van der Waals surface area contributed by atoms with Crippen molar-refractivity contribution in [2.24, 2.45) is 5.92 Å². The van der Waals surface area contributed by atoms with E-state index in [0.717, 1.165) is 34.6 Å². The van der Waals surface area contributed by atoms with Crippen LogP contribution in [0.25, 0.3) is 11.1 Å². The van der Waals surface area contributed by atoms with Gasteiger partial charge in [0.25, 0.3) is 0 Å². The fraction of sp³-hybridized carbons (Fsp3) is 0.500.